The van der Waals surface area contributed by atoms with E-state index in [0.29, 0.717) is 29.5 Å². The van der Waals surface area contributed by atoms with Crippen LogP contribution in [0, 0.1) is 12.8 Å². The quantitative estimate of drug-likeness (QED) is 0.793. The van der Waals surface area contributed by atoms with Crippen LogP contribution in [-0.2, 0) is 21.9 Å². The Morgan fingerprint density at radius 3 is 2.54 bits per heavy atom. The van der Waals surface area contributed by atoms with E-state index in [1.165, 1.54) is 16.7 Å². The highest BCUT2D eigenvalue weighted by Crippen LogP contribution is 2.24. The van der Waals surface area contributed by atoms with Crippen molar-refractivity contribution in [2.24, 2.45) is 13.0 Å². The topological polar surface area (TPSA) is 97.2 Å². The van der Waals surface area contributed by atoms with E-state index in [1.54, 1.807) is 30.7 Å². The minimum Gasteiger partial charge on any atom is -0.337 e. The van der Waals surface area contributed by atoms with Crippen LogP contribution in [0.4, 0.5) is 5.69 Å². The lowest BCUT2D eigenvalue weighted by Gasteiger charge is -2.29. The molecule has 0 atom stereocenters. The maximum absolute atomic E-state index is 12.7. The van der Waals surface area contributed by atoms with Crippen molar-refractivity contribution in [3.63, 3.8) is 0 Å². The first-order valence-corrected chi connectivity index (χ1v) is 10.0. The van der Waals surface area contributed by atoms with Gasteiger partial charge in [-0.3, -0.25) is 4.79 Å². The van der Waals surface area contributed by atoms with Crippen molar-refractivity contribution in [2.45, 2.75) is 24.8 Å². The Morgan fingerprint density at radius 2 is 2.00 bits per heavy atom. The lowest BCUT2D eigenvalue weighted by atomic mass is 9.97. The lowest BCUT2D eigenvalue weighted by Crippen LogP contribution is -2.41. The Hall–Kier alpha value is -1.97. The van der Waals surface area contributed by atoms with Gasteiger partial charge in [0.2, 0.25) is 5.91 Å². The van der Waals surface area contributed by atoms with Crippen LogP contribution >= 0.6 is 11.6 Å². The first kappa shape index (κ1) is 18.8. The molecule has 0 saturated carbocycles. The number of rotatable bonds is 4. The molecule has 0 radical (unpaired) electrons. The van der Waals surface area contributed by atoms with Gasteiger partial charge in [0.05, 0.1) is 11.9 Å². The van der Waals surface area contributed by atoms with E-state index in [9.17, 15) is 13.2 Å². The predicted molar refractivity (Wildman–Crippen MR) is 97.3 cm³/mol. The highest BCUT2D eigenvalue weighted by molar-refractivity contribution is 7.89. The molecule has 3 heterocycles. The Morgan fingerprint density at radius 1 is 1.31 bits per heavy atom. The zero-order valence-electron chi connectivity index (χ0n) is 14.5. The molecule has 26 heavy (non-hydrogen) atoms. The molecule has 1 aliphatic rings. The Labute approximate surface area is 157 Å². The molecule has 0 aromatic carbocycles. The highest BCUT2D eigenvalue weighted by Gasteiger charge is 2.33. The van der Waals surface area contributed by atoms with Crippen molar-refractivity contribution in [3.8, 4) is 0 Å². The van der Waals surface area contributed by atoms with Crippen LogP contribution in [0.1, 0.15) is 18.7 Å². The summed E-state index contributed by atoms with van der Waals surface area (Å²) in [7, 11) is -1.88. The number of carbonyl (C=O) groups is 1. The number of nitrogens with zero attached hydrogens (tertiary/aromatic N) is 4. The largest absolute Gasteiger partial charge is 0.337 e. The number of hydrogen-bond donors (Lipinski definition) is 1. The standard InChI is InChI=1S/C16H20ClN5O3S/c1-11-19-15(10-21(11)2)26(24,25)22-7-5-12(6-8-22)16(23)20-13-3-4-14(17)18-9-13/h3-4,9-10,12H,5-8H2,1-2H3,(H,20,23). The van der Waals surface area contributed by atoms with Gasteiger partial charge >= 0.3 is 0 Å². The summed E-state index contributed by atoms with van der Waals surface area (Å²) < 4.78 is 28.4. The average Bonchev–Trinajstić information content (AvgIpc) is 2.97. The smallest absolute Gasteiger partial charge is 0.262 e. The minimum absolute atomic E-state index is 0.0487. The number of pyridine rings is 1. The Kier molecular flexibility index (Phi) is 5.31. The summed E-state index contributed by atoms with van der Waals surface area (Å²) in [6.07, 6.45) is 3.91. The van der Waals surface area contributed by atoms with Crippen molar-refractivity contribution < 1.29 is 13.2 Å². The summed E-state index contributed by atoms with van der Waals surface area (Å²) in [6.45, 7) is 2.32. The van der Waals surface area contributed by atoms with Gasteiger partial charge in [-0.05, 0) is 31.9 Å². The van der Waals surface area contributed by atoms with E-state index in [1.807, 2.05) is 0 Å². The van der Waals surface area contributed by atoms with Crippen LogP contribution in [0.25, 0.3) is 0 Å². The first-order chi connectivity index (χ1) is 12.3. The van der Waals surface area contributed by atoms with E-state index in [0.717, 1.165) is 0 Å². The van der Waals surface area contributed by atoms with Gasteiger partial charge in [0.15, 0.2) is 5.03 Å². The maximum Gasteiger partial charge on any atom is 0.262 e. The van der Waals surface area contributed by atoms with Crippen molar-refractivity contribution in [1.29, 1.82) is 0 Å². The number of nitrogens with one attached hydrogen (secondary N) is 1. The number of aryl methyl sites for hydroxylation is 2. The van der Waals surface area contributed by atoms with Crippen molar-refractivity contribution in [2.75, 3.05) is 18.4 Å². The van der Waals surface area contributed by atoms with Crippen LogP contribution in [0.2, 0.25) is 5.15 Å². The summed E-state index contributed by atoms with van der Waals surface area (Å²) in [4.78, 5) is 20.4. The van der Waals surface area contributed by atoms with Gasteiger partial charge in [0.1, 0.15) is 11.0 Å². The fourth-order valence-electron chi connectivity index (χ4n) is 2.84. The molecular formula is C16H20ClN5O3S. The van der Waals surface area contributed by atoms with E-state index < -0.39 is 10.0 Å². The Bertz CT molecular complexity index is 883. The second kappa shape index (κ2) is 7.34. The molecule has 0 aliphatic carbocycles. The van der Waals surface area contributed by atoms with Gasteiger partial charge in [-0.15, -0.1) is 0 Å². The minimum atomic E-state index is -3.63. The second-order valence-corrected chi connectivity index (χ2v) is 8.55. The zero-order valence-corrected chi connectivity index (χ0v) is 16.1. The monoisotopic (exact) mass is 397 g/mol. The maximum atomic E-state index is 12.7. The molecule has 8 nitrogen and oxygen atoms in total. The summed E-state index contributed by atoms with van der Waals surface area (Å²) in [5, 5.41) is 3.19. The van der Waals surface area contributed by atoms with Crippen molar-refractivity contribution in [3.05, 3.63) is 35.5 Å². The third kappa shape index (κ3) is 3.89. The van der Waals surface area contributed by atoms with Crippen molar-refractivity contribution in [1.82, 2.24) is 18.8 Å². The highest BCUT2D eigenvalue weighted by atomic mass is 35.5. The normalized spacial score (nSPS) is 16.6. The van der Waals surface area contributed by atoms with Gasteiger partial charge in [0.25, 0.3) is 10.0 Å². The number of hydrogen-bond acceptors (Lipinski definition) is 5. The summed E-state index contributed by atoms with van der Waals surface area (Å²) >= 11 is 5.72. The average molecular weight is 398 g/mol. The van der Waals surface area contributed by atoms with Crippen LogP contribution < -0.4 is 5.32 Å². The van der Waals surface area contributed by atoms with Gasteiger partial charge in [-0.1, -0.05) is 11.6 Å². The molecule has 1 aliphatic heterocycles. The van der Waals surface area contributed by atoms with E-state index >= 15 is 0 Å². The molecule has 2 aromatic heterocycles. The fourth-order valence-corrected chi connectivity index (χ4v) is 4.44. The van der Waals surface area contributed by atoms with Gasteiger partial charge < -0.3 is 9.88 Å². The molecule has 2 aromatic rings. The number of anilines is 1. The fraction of sp³-hybridized carbons (Fsp3) is 0.438. The summed E-state index contributed by atoms with van der Waals surface area (Å²) in [5.74, 6) is 0.247. The number of amides is 1. The third-order valence-electron chi connectivity index (χ3n) is 4.51. The van der Waals surface area contributed by atoms with Gasteiger partial charge in [-0.25, -0.2) is 18.4 Å². The molecule has 140 valence electrons. The molecule has 0 bridgehead atoms. The van der Waals surface area contributed by atoms with Gasteiger partial charge in [0, 0.05) is 32.3 Å². The number of piperidine rings is 1. The predicted octanol–water partition coefficient (Wildman–Crippen LogP) is 1.82. The third-order valence-corrected chi connectivity index (χ3v) is 6.50. The van der Waals surface area contributed by atoms with E-state index in [2.05, 4.69) is 15.3 Å². The van der Waals surface area contributed by atoms with Crippen LogP contribution in [0.15, 0.2) is 29.6 Å². The van der Waals surface area contributed by atoms with Crippen LogP contribution in [0.3, 0.4) is 0 Å². The van der Waals surface area contributed by atoms with E-state index in [-0.39, 0.29) is 29.9 Å². The SMILES string of the molecule is Cc1nc(S(=O)(=O)N2CCC(C(=O)Nc3ccc(Cl)nc3)CC2)cn1C. The van der Waals surface area contributed by atoms with Crippen LogP contribution in [-0.4, -0.2) is 46.3 Å². The number of halogens is 1. The number of imidazole rings is 1. The summed E-state index contributed by atoms with van der Waals surface area (Å²) in [5.41, 5.74) is 0.568. The molecule has 0 unspecified atom stereocenters. The van der Waals surface area contributed by atoms with E-state index in [4.69, 9.17) is 11.6 Å². The molecule has 1 fully saturated rings. The number of sulfonamides is 1. The molecule has 1 N–H and O–H groups in total. The molecule has 3 rings (SSSR count). The van der Waals surface area contributed by atoms with Crippen molar-refractivity contribution >= 4 is 33.2 Å². The molecule has 0 spiro atoms. The molecule has 1 saturated heterocycles. The number of carbonyl (C=O) groups excluding carboxylic acids is 1. The zero-order chi connectivity index (χ0) is 18.9. The first-order valence-electron chi connectivity index (χ1n) is 8.20. The van der Waals surface area contributed by atoms with Crippen LogP contribution in [0.5, 0.6) is 0 Å². The summed E-state index contributed by atoms with van der Waals surface area (Å²) in [6, 6.07) is 3.28. The molecule has 10 heteroatoms. The lowest BCUT2D eigenvalue weighted by molar-refractivity contribution is -0.120. The second-order valence-electron chi connectivity index (χ2n) is 6.27. The Balaban J connectivity index is 1.61. The van der Waals surface area contributed by atoms with Gasteiger partial charge in [-0.2, -0.15) is 4.31 Å². The number of aromatic nitrogens is 3. The molecule has 1 amide bonds. The molecular weight excluding hydrogens is 378 g/mol.